The number of carbonyl (C=O) groups excluding carboxylic acids is 2. The van der Waals surface area contributed by atoms with E-state index in [1.54, 1.807) is 53.8 Å². The normalized spacial score (nSPS) is 11.7. The maximum Gasteiger partial charge on any atom is 0.407 e. The fourth-order valence-corrected chi connectivity index (χ4v) is 3.12. The van der Waals surface area contributed by atoms with Gasteiger partial charge in [-0.25, -0.2) is 10.2 Å². The molecule has 10 nitrogen and oxygen atoms in total. The second-order valence-electron chi connectivity index (χ2n) is 5.95. The molecule has 3 N–H and O–H groups in total. The molecule has 0 heterocycles. The van der Waals surface area contributed by atoms with Crippen LogP contribution in [0.1, 0.15) is 30.5 Å². The summed E-state index contributed by atoms with van der Waals surface area (Å²) in [6.07, 6.45) is 0.476. The van der Waals surface area contributed by atoms with Crippen molar-refractivity contribution in [2.45, 2.75) is 19.4 Å². The summed E-state index contributed by atoms with van der Waals surface area (Å²) in [7, 11) is 0. The number of alkyl carbamates (subject to hydrolysis) is 1. The largest absolute Gasteiger partial charge is 0.501 e. The standard InChI is InChI=1S/C19H19IN4O6/c1-2-30-19(27)22-15(13-6-4-3-5-7-13)10-17(25)23-21-11-12-8-14(20)18(26)16(9-12)24(28)29/h3-9,11,15,26H,2,10H2,1H3,(H,22,27)(H,23,25)/b21-11-/t15-/m0/s1. The van der Waals surface area contributed by atoms with Crippen LogP contribution in [0.4, 0.5) is 10.5 Å². The molecule has 0 aliphatic heterocycles. The van der Waals surface area contributed by atoms with Crippen LogP contribution in [0.15, 0.2) is 47.6 Å². The molecule has 0 saturated carbocycles. The number of rotatable bonds is 8. The van der Waals surface area contributed by atoms with Crippen molar-refractivity contribution in [2.24, 2.45) is 5.10 Å². The molecule has 1 atom stereocenters. The molecule has 0 bridgehead atoms. The van der Waals surface area contributed by atoms with Gasteiger partial charge in [0.1, 0.15) is 0 Å². The number of nitrogens with one attached hydrogen (secondary N) is 2. The zero-order valence-electron chi connectivity index (χ0n) is 15.9. The molecule has 30 heavy (non-hydrogen) atoms. The molecule has 0 saturated heterocycles. The third kappa shape index (κ3) is 6.69. The van der Waals surface area contributed by atoms with Crippen LogP contribution in [-0.2, 0) is 9.53 Å². The molecular formula is C19H19IN4O6. The van der Waals surface area contributed by atoms with Crippen molar-refractivity contribution < 1.29 is 24.4 Å². The van der Waals surface area contributed by atoms with Crippen LogP contribution < -0.4 is 10.7 Å². The molecule has 0 spiro atoms. The van der Waals surface area contributed by atoms with Gasteiger partial charge in [0.25, 0.3) is 0 Å². The number of amides is 2. The number of hydrogen-bond acceptors (Lipinski definition) is 7. The fraction of sp³-hybridized carbons (Fsp3) is 0.211. The Kier molecular flexibility index (Phi) is 8.53. The molecule has 0 aromatic heterocycles. The first kappa shape index (κ1) is 23.1. The van der Waals surface area contributed by atoms with Crippen LogP contribution in [0.2, 0.25) is 0 Å². The molecular weight excluding hydrogens is 507 g/mol. The lowest BCUT2D eigenvalue weighted by Gasteiger charge is -2.18. The van der Waals surface area contributed by atoms with Gasteiger partial charge >= 0.3 is 11.8 Å². The Morgan fingerprint density at radius 2 is 2.03 bits per heavy atom. The summed E-state index contributed by atoms with van der Waals surface area (Å²) < 4.78 is 5.15. The first-order chi connectivity index (χ1) is 14.3. The number of hydrogen-bond donors (Lipinski definition) is 3. The summed E-state index contributed by atoms with van der Waals surface area (Å²) in [5.74, 6) is -0.919. The number of hydrazone groups is 1. The molecule has 2 rings (SSSR count). The van der Waals surface area contributed by atoms with E-state index in [-0.39, 0.29) is 16.6 Å². The summed E-state index contributed by atoms with van der Waals surface area (Å²) in [4.78, 5) is 34.3. The lowest BCUT2D eigenvalue weighted by molar-refractivity contribution is -0.386. The smallest absolute Gasteiger partial charge is 0.407 e. The Balaban J connectivity index is 2.07. The van der Waals surface area contributed by atoms with Gasteiger partial charge in [0, 0.05) is 11.6 Å². The fourth-order valence-electron chi connectivity index (χ4n) is 2.48. The van der Waals surface area contributed by atoms with E-state index in [9.17, 15) is 24.8 Å². The minimum Gasteiger partial charge on any atom is -0.501 e. The predicted octanol–water partition coefficient (Wildman–Crippen LogP) is 3.23. The van der Waals surface area contributed by atoms with Gasteiger partial charge in [-0.3, -0.25) is 14.9 Å². The number of benzene rings is 2. The number of nitrogens with zero attached hydrogens (tertiary/aromatic N) is 2. The van der Waals surface area contributed by atoms with E-state index in [0.29, 0.717) is 11.1 Å². The van der Waals surface area contributed by atoms with Gasteiger partial charge in [-0.15, -0.1) is 0 Å². The maximum absolute atomic E-state index is 12.3. The summed E-state index contributed by atoms with van der Waals surface area (Å²) in [6.45, 7) is 1.87. The Labute approximate surface area is 185 Å². The van der Waals surface area contributed by atoms with Crippen LogP contribution in [0.5, 0.6) is 5.75 Å². The van der Waals surface area contributed by atoms with Gasteiger partial charge in [-0.05, 0) is 41.1 Å². The quantitative estimate of drug-likeness (QED) is 0.209. The van der Waals surface area contributed by atoms with Crippen LogP contribution in [0, 0.1) is 13.7 Å². The highest BCUT2D eigenvalue weighted by Gasteiger charge is 2.19. The molecule has 2 amide bonds. The van der Waals surface area contributed by atoms with E-state index < -0.39 is 34.4 Å². The summed E-state index contributed by atoms with van der Waals surface area (Å²) in [5, 5.41) is 27.1. The molecule has 11 heteroatoms. The van der Waals surface area contributed by atoms with Crippen LogP contribution in [0.25, 0.3) is 0 Å². The zero-order valence-corrected chi connectivity index (χ0v) is 18.0. The lowest BCUT2D eigenvalue weighted by atomic mass is 10.0. The lowest BCUT2D eigenvalue weighted by Crippen LogP contribution is -2.33. The van der Waals surface area contributed by atoms with E-state index in [1.165, 1.54) is 12.3 Å². The molecule has 2 aromatic rings. The minimum absolute atomic E-state index is 0.104. The Hall–Kier alpha value is -3.22. The molecule has 0 aliphatic rings. The maximum atomic E-state index is 12.3. The molecule has 2 aromatic carbocycles. The molecule has 0 unspecified atom stereocenters. The Morgan fingerprint density at radius 1 is 1.33 bits per heavy atom. The first-order valence-electron chi connectivity index (χ1n) is 8.78. The van der Waals surface area contributed by atoms with Crippen LogP contribution in [-0.4, -0.2) is 34.9 Å². The third-order valence-corrected chi connectivity index (χ3v) is 4.65. The van der Waals surface area contributed by atoms with Gasteiger partial charge in [0.2, 0.25) is 11.7 Å². The topological polar surface area (TPSA) is 143 Å². The highest BCUT2D eigenvalue weighted by atomic mass is 127. The summed E-state index contributed by atoms with van der Waals surface area (Å²) in [6, 6.07) is 10.9. The molecule has 0 fully saturated rings. The van der Waals surface area contributed by atoms with E-state index in [4.69, 9.17) is 4.74 Å². The van der Waals surface area contributed by atoms with Crippen molar-refractivity contribution >= 4 is 46.5 Å². The third-order valence-electron chi connectivity index (χ3n) is 3.82. The SMILES string of the molecule is CCOC(=O)N[C@@H](CC(=O)N/N=C\c1cc(I)c(O)c([N+](=O)[O-])c1)c1ccccc1. The first-order valence-corrected chi connectivity index (χ1v) is 9.86. The van der Waals surface area contributed by atoms with Crippen molar-refractivity contribution in [2.75, 3.05) is 6.61 Å². The monoisotopic (exact) mass is 526 g/mol. The summed E-state index contributed by atoms with van der Waals surface area (Å²) in [5.41, 5.74) is 2.91. The number of halogens is 1. The number of nitro benzene ring substituents is 1. The molecule has 158 valence electrons. The number of phenols is 1. The predicted molar refractivity (Wildman–Crippen MR) is 117 cm³/mol. The van der Waals surface area contributed by atoms with Crippen molar-refractivity contribution in [3.05, 3.63) is 67.3 Å². The van der Waals surface area contributed by atoms with Crippen molar-refractivity contribution in [3.63, 3.8) is 0 Å². The number of aromatic hydroxyl groups is 1. The second kappa shape index (κ2) is 11.1. The average Bonchev–Trinajstić information content (AvgIpc) is 2.70. The van der Waals surface area contributed by atoms with Crippen molar-refractivity contribution in [1.82, 2.24) is 10.7 Å². The van der Waals surface area contributed by atoms with Gasteiger partial charge in [0.15, 0.2) is 0 Å². The number of phenolic OH excluding ortho intramolecular Hbond substituents is 1. The second-order valence-corrected chi connectivity index (χ2v) is 7.12. The van der Waals surface area contributed by atoms with Gasteiger partial charge in [-0.2, -0.15) is 5.10 Å². The van der Waals surface area contributed by atoms with Gasteiger partial charge in [-0.1, -0.05) is 30.3 Å². The van der Waals surface area contributed by atoms with E-state index in [0.717, 1.165) is 6.07 Å². The van der Waals surface area contributed by atoms with Gasteiger partial charge < -0.3 is 15.2 Å². The van der Waals surface area contributed by atoms with E-state index in [1.807, 2.05) is 6.07 Å². The number of nitro groups is 1. The average molecular weight is 526 g/mol. The summed E-state index contributed by atoms with van der Waals surface area (Å²) >= 11 is 1.76. The molecule has 0 radical (unpaired) electrons. The van der Waals surface area contributed by atoms with Gasteiger partial charge in [0.05, 0.1) is 33.8 Å². The van der Waals surface area contributed by atoms with Crippen LogP contribution >= 0.6 is 22.6 Å². The Bertz CT molecular complexity index is 952. The zero-order chi connectivity index (χ0) is 22.1. The highest BCUT2D eigenvalue weighted by molar-refractivity contribution is 14.1. The van der Waals surface area contributed by atoms with Crippen LogP contribution in [0.3, 0.4) is 0 Å². The number of ether oxygens (including phenoxy) is 1. The highest BCUT2D eigenvalue weighted by Crippen LogP contribution is 2.31. The van der Waals surface area contributed by atoms with Crippen molar-refractivity contribution in [3.8, 4) is 5.75 Å². The van der Waals surface area contributed by atoms with E-state index >= 15 is 0 Å². The minimum atomic E-state index is -0.709. The molecule has 0 aliphatic carbocycles. The van der Waals surface area contributed by atoms with E-state index in [2.05, 4.69) is 15.8 Å². The Morgan fingerprint density at radius 3 is 2.67 bits per heavy atom. The number of carbonyl (C=O) groups is 2. The van der Waals surface area contributed by atoms with Crippen molar-refractivity contribution in [1.29, 1.82) is 0 Å².